The lowest BCUT2D eigenvalue weighted by molar-refractivity contribution is 0.799. The molecule has 0 unspecified atom stereocenters. The molecule has 0 saturated heterocycles. The lowest BCUT2D eigenvalue weighted by Gasteiger charge is -2.17. The molecule has 3 nitrogen and oxygen atoms in total. The van der Waals surface area contributed by atoms with Crippen LogP contribution in [0.4, 0.5) is 0 Å². The Morgan fingerprint density at radius 3 is 2.50 bits per heavy atom. The summed E-state index contributed by atoms with van der Waals surface area (Å²) in [5.41, 5.74) is 1.50. The van der Waals surface area contributed by atoms with Gasteiger partial charge in [-0.1, -0.05) is 51.1 Å². The van der Waals surface area contributed by atoms with E-state index in [2.05, 4.69) is 46.7 Å². The van der Waals surface area contributed by atoms with Gasteiger partial charge in [-0.05, 0) is 15.9 Å². The number of rotatable bonds is 3. The Morgan fingerprint density at radius 1 is 1.25 bits per heavy atom. The van der Waals surface area contributed by atoms with Crippen molar-refractivity contribution in [2.24, 2.45) is 0 Å². The van der Waals surface area contributed by atoms with Crippen LogP contribution in [0.15, 0.2) is 39.6 Å². The first-order valence-electron chi connectivity index (χ1n) is 6.35. The smallest absolute Gasteiger partial charge is 0.265 e. The number of hydrogen-bond acceptors (Lipinski definition) is 3. The van der Waals surface area contributed by atoms with E-state index in [4.69, 9.17) is 0 Å². The standard InChI is InChI=1S/C15H17BrN2OS/c1-15(2,3)20-9-11-17-13(12(16)14(19)18-11)10-7-5-4-6-8-10/h4-8H,9H2,1-3H3,(H,17,18,19). The van der Waals surface area contributed by atoms with Crippen LogP contribution in [0.25, 0.3) is 11.3 Å². The Hall–Kier alpha value is -1.07. The molecule has 1 aromatic heterocycles. The molecule has 0 aliphatic carbocycles. The maximum Gasteiger partial charge on any atom is 0.265 e. The van der Waals surface area contributed by atoms with Crippen LogP contribution < -0.4 is 5.56 Å². The Bertz CT molecular complexity index is 647. The van der Waals surface area contributed by atoms with Crippen LogP contribution in [0.2, 0.25) is 0 Å². The quantitative estimate of drug-likeness (QED) is 0.898. The van der Waals surface area contributed by atoms with E-state index in [1.807, 2.05) is 30.3 Å². The van der Waals surface area contributed by atoms with Crippen molar-refractivity contribution in [3.63, 3.8) is 0 Å². The van der Waals surface area contributed by atoms with E-state index in [0.717, 1.165) is 5.56 Å². The molecule has 106 valence electrons. The Labute approximate surface area is 131 Å². The number of benzene rings is 1. The Morgan fingerprint density at radius 2 is 1.90 bits per heavy atom. The summed E-state index contributed by atoms with van der Waals surface area (Å²) in [6.07, 6.45) is 0. The van der Waals surface area contributed by atoms with Gasteiger partial charge in [-0.3, -0.25) is 4.79 Å². The zero-order valence-electron chi connectivity index (χ0n) is 11.7. The largest absolute Gasteiger partial charge is 0.309 e. The van der Waals surface area contributed by atoms with Gasteiger partial charge in [0.15, 0.2) is 0 Å². The van der Waals surface area contributed by atoms with Crippen LogP contribution in [0.5, 0.6) is 0 Å². The first-order chi connectivity index (χ1) is 9.37. The summed E-state index contributed by atoms with van der Waals surface area (Å²) in [6.45, 7) is 6.44. The van der Waals surface area contributed by atoms with Crippen molar-refractivity contribution in [1.82, 2.24) is 9.97 Å². The van der Waals surface area contributed by atoms with Crippen molar-refractivity contribution in [1.29, 1.82) is 0 Å². The van der Waals surface area contributed by atoms with Crippen molar-refractivity contribution >= 4 is 27.7 Å². The summed E-state index contributed by atoms with van der Waals surface area (Å²) >= 11 is 5.09. The van der Waals surface area contributed by atoms with Gasteiger partial charge in [0.25, 0.3) is 5.56 Å². The summed E-state index contributed by atoms with van der Waals surface area (Å²) in [5, 5.41) is 0. The van der Waals surface area contributed by atoms with Crippen molar-refractivity contribution in [2.45, 2.75) is 31.3 Å². The average molecular weight is 353 g/mol. The highest BCUT2D eigenvalue weighted by Gasteiger charge is 2.14. The predicted octanol–water partition coefficient (Wildman–Crippen LogP) is 4.23. The molecule has 0 aliphatic heterocycles. The fourth-order valence-corrected chi connectivity index (χ4v) is 2.77. The van der Waals surface area contributed by atoms with Gasteiger partial charge < -0.3 is 4.98 Å². The summed E-state index contributed by atoms with van der Waals surface area (Å²) in [6, 6.07) is 9.73. The third-order valence-electron chi connectivity index (χ3n) is 2.60. The number of aromatic nitrogens is 2. The van der Waals surface area contributed by atoms with E-state index in [-0.39, 0.29) is 10.3 Å². The first kappa shape index (κ1) is 15.3. The highest BCUT2D eigenvalue weighted by Crippen LogP contribution is 2.28. The molecule has 0 bridgehead atoms. The molecule has 0 fully saturated rings. The highest BCUT2D eigenvalue weighted by atomic mass is 79.9. The van der Waals surface area contributed by atoms with Gasteiger partial charge in [-0.15, -0.1) is 11.8 Å². The van der Waals surface area contributed by atoms with Gasteiger partial charge >= 0.3 is 0 Å². The lowest BCUT2D eigenvalue weighted by Crippen LogP contribution is -2.15. The maximum absolute atomic E-state index is 12.0. The fraction of sp³-hybridized carbons (Fsp3) is 0.333. The molecule has 0 atom stereocenters. The van der Waals surface area contributed by atoms with Gasteiger partial charge in [0.1, 0.15) is 10.3 Å². The molecule has 2 rings (SSSR count). The van der Waals surface area contributed by atoms with Crippen molar-refractivity contribution in [3.8, 4) is 11.3 Å². The monoisotopic (exact) mass is 352 g/mol. The van der Waals surface area contributed by atoms with Crippen molar-refractivity contribution in [2.75, 3.05) is 0 Å². The van der Waals surface area contributed by atoms with Gasteiger partial charge in [-0.25, -0.2) is 4.98 Å². The third-order valence-corrected chi connectivity index (χ3v) is 4.62. The molecule has 1 aromatic carbocycles. The second-order valence-corrected chi connectivity index (χ2v) is 8.04. The van der Waals surface area contributed by atoms with E-state index in [0.29, 0.717) is 21.7 Å². The van der Waals surface area contributed by atoms with E-state index in [9.17, 15) is 4.79 Å². The number of aromatic amines is 1. The van der Waals surface area contributed by atoms with Crippen LogP contribution in [0.3, 0.4) is 0 Å². The zero-order chi connectivity index (χ0) is 14.8. The number of thioether (sulfide) groups is 1. The maximum atomic E-state index is 12.0. The highest BCUT2D eigenvalue weighted by molar-refractivity contribution is 9.10. The minimum atomic E-state index is -0.136. The normalized spacial score (nSPS) is 11.6. The summed E-state index contributed by atoms with van der Waals surface area (Å²) < 4.78 is 0.617. The average Bonchev–Trinajstić information content (AvgIpc) is 2.40. The second-order valence-electron chi connectivity index (χ2n) is 5.44. The van der Waals surface area contributed by atoms with Gasteiger partial charge in [0.05, 0.1) is 11.4 Å². The molecular formula is C15H17BrN2OS. The van der Waals surface area contributed by atoms with Crippen molar-refractivity contribution in [3.05, 3.63) is 51.0 Å². The number of nitrogens with zero attached hydrogens (tertiary/aromatic N) is 1. The van der Waals surface area contributed by atoms with E-state index >= 15 is 0 Å². The molecule has 0 aliphatic rings. The Kier molecular flexibility index (Phi) is 4.70. The number of halogens is 1. The SMILES string of the molecule is CC(C)(C)SCc1nc(-c2ccccc2)c(Br)c(=O)[nH]1. The zero-order valence-corrected chi connectivity index (χ0v) is 14.1. The van der Waals surface area contributed by atoms with Crippen LogP contribution in [-0.2, 0) is 5.75 Å². The molecular weight excluding hydrogens is 336 g/mol. The summed E-state index contributed by atoms with van der Waals surface area (Å²) in [4.78, 5) is 19.4. The molecule has 1 N–H and O–H groups in total. The third kappa shape index (κ3) is 3.96. The van der Waals surface area contributed by atoms with E-state index < -0.39 is 0 Å². The van der Waals surface area contributed by atoms with Crippen LogP contribution in [-0.4, -0.2) is 14.7 Å². The van der Waals surface area contributed by atoms with Crippen LogP contribution in [0, 0.1) is 0 Å². The minimum Gasteiger partial charge on any atom is -0.309 e. The Balaban J connectivity index is 2.38. The fourth-order valence-electron chi connectivity index (χ4n) is 1.65. The molecule has 0 radical (unpaired) electrons. The number of hydrogen-bond donors (Lipinski definition) is 1. The second kappa shape index (κ2) is 6.14. The number of nitrogens with one attached hydrogen (secondary N) is 1. The molecule has 2 aromatic rings. The number of H-pyrrole nitrogens is 1. The van der Waals surface area contributed by atoms with Gasteiger partial charge in [-0.2, -0.15) is 0 Å². The molecule has 1 heterocycles. The van der Waals surface area contributed by atoms with E-state index in [1.165, 1.54) is 0 Å². The lowest BCUT2D eigenvalue weighted by atomic mass is 10.1. The molecule has 0 spiro atoms. The topological polar surface area (TPSA) is 45.8 Å². The molecule has 5 heteroatoms. The molecule has 0 saturated carbocycles. The van der Waals surface area contributed by atoms with Crippen molar-refractivity contribution < 1.29 is 0 Å². The van der Waals surface area contributed by atoms with Gasteiger partial charge in [0.2, 0.25) is 0 Å². The summed E-state index contributed by atoms with van der Waals surface area (Å²) in [5.74, 6) is 1.39. The summed E-state index contributed by atoms with van der Waals surface area (Å²) in [7, 11) is 0. The first-order valence-corrected chi connectivity index (χ1v) is 8.13. The minimum absolute atomic E-state index is 0.136. The molecule has 20 heavy (non-hydrogen) atoms. The van der Waals surface area contributed by atoms with Crippen LogP contribution >= 0.6 is 27.7 Å². The van der Waals surface area contributed by atoms with Crippen LogP contribution in [0.1, 0.15) is 26.6 Å². The molecule has 0 amide bonds. The predicted molar refractivity (Wildman–Crippen MR) is 89.0 cm³/mol. The van der Waals surface area contributed by atoms with E-state index in [1.54, 1.807) is 11.8 Å². The van der Waals surface area contributed by atoms with Gasteiger partial charge in [0, 0.05) is 10.3 Å².